The Balaban J connectivity index is 1.53. The number of halogens is 1. The van der Waals surface area contributed by atoms with E-state index in [1.54, 1.807) is 18.2 Å². The number of β-amino-alcohol motifs (C(OH)–C–C–N with tert-alkyl or cyclic N) is 1. The van der Waals surface area contributed by atoms with E-state index in [2.05, 4.69) is 17.0 Å². The summed E-state index contributed by atoms with van der Waals surface area (Å²) in [5.41, 5.74) is 1.14. The molecule has 1 fully saturated rings. The van der Waals surface area contributed by atoms with Crippen molar-refractivity contribution < 1.29 is 19.0 Å². The molecule has 0 amide bonds. The molecule has 0 bridgehead atoms. The number of hydrogen-bond donors (Lipinski definition) is 1. The fourth-order valence-corrected chi connectivity index (χ4v) is 3.14. The van der Waals surface area contributed by atoms with Crippen molar-refractivity contribution in [3.63, 3.8) is 0 Å². The average Bonchev–Trinajstić information content (AvgIpc) is 2.61. The van der Waals surface area contributed by atoms with E-state index in [1.165, 1.54) is 6.07 Å². The van der Waals surface area contributed by atoms with Crippen molar-refractivity contribution in [2.45, 2.75) is 25.2 Å². The smallest absolute Gasteiger partial charge is 0.165 e. The Morgan fingerprint density at radius 2 is 1.88 bits per heavy atom. The van der Waals surface area contributed by atoms with Gasteiger partial charge in [-0.2, -0.15) is 0 Å². The Morgan fingerprint density at radius 3 is 2.64 bits per heavy atom. The Labute approximate surface area is 147 Å². The molecule has 1 N–H and O–H groups in total. The molecule has 2 aromatic carbocycles. The Morgan fingerprint density at radius 1 is 1.16 bits per heavy atom. The highest BCUT2D eigenvalue weighted by Gasteiger charge is 2.27. The molecular weight excluding hydrogens is 321 g/mol. The molecule has 4 nitrogen and oxygen atoms in total. The van der Waals surface area contributed by atoms with Gasteiger partial charge in [0.1, 0.15) is 12.7 Å². The van der Waals surface area contributed by atoms with Crippen molar-refractivity contribution in [2.24, 2.45) is 0 Å². The molecule has 0 saturated carbocycles. The molecule has 1 saturated heterocycles. The van der Waals surface area contributed by atoms with Gasteiger partial charge >= 0.3 is 0 Å². The molecule has 0 radical (unpaired) electrons. The van der Waals surface area contributed by atoms with Crippen LogP contribution >= 0.6 is 0 Å². The van der Waals surface area contributed by atoms with Crippen molar-refractivity contribution in [3.05, 3.63) is 66.0 Å². The normalized spacial score (nSPS) is 22.5. The van der Waals surface area contributed by atoms with Crippen LogP contribution in [-0.2, 0) is 4.74 Å². The van der Waals surface area contributed by atoms with Gasteiger partial charge in [0.2, 0.25) is 0 Å². The minimum atomic E-state index is -0.693. The van der Waals surface area contributed by atoms with Crippen LogP contribution < -0.4 is 4.74 Å². The molecule has 134 valence electrons. The minimum absolute atomic E-state index is 0.00960. The van der Waals surface area contributed by atoms with E-state index < -0.39 is 11.9 Å². The van der Waals surface area contributed by atoms with Crippen molar-refractivity contribution in [1.82, 2.24) is 4.90 Å². The fraction of sp³-hybridized carbons (Fsp3) is 0.400. The zero-order chi connectivity index (χ0) is 17.6. The molecule has 0 aliphatic carbocycles. The van der Waals surface area contributed by atoms with Crippen LogP contribution in [0.5, 0.6) is 5.75 Å². The van der Waals surface area contributed by atoms with Crippen LogP contribution in [-0.4, -0.2) is 48.5 Å². The zero-order valence-electron chi connectivity index (χ0n) is 14.3. The second kappa shape index (κ2) is 8.43. The number of para-hydroxylation sites is 1. The number of rotatable bonds is 6. The van der Waals surface area contributed by atoms with Gasteiger partial charge in [0, 0.05) is 19.6 Å². The van der Waals surface area contributed by atoms with Gasteiger partial charge in [-0.3, -0.25) is 4.90 Å². The quantitative estimate of drug-likeness (QED) is 0.874. The molecule has 1 aliphatic heterocycles. The first-order valence-electron chi connectivity index (χ1n) is 8.60. The van der Waals surface area contributed by atoms with Crippen LogP contribution in [0.25, 0.3) is 0 Å². The number of hydrogen-bond acceptors (Lipinski definition) is 4. The van der Waals surface area contributed by atoms with Crippen molar-refractivity contribution >= 4 is 0 Å². The third-order valence-electron chi connectivity index (χ3n) is 4.24. The lowest BCUT2D eigenvalue weighted by Gasteiger charge is -2.37. The molecular formula is C20H24FNO3. The average molecular weight is 345 g/mol. The summed E-state index contributed by atoms with van der Waals surface area (Å²) in [6.07, 6.45) is -0.621. The minimum Gasteiger partial charge on any atom is -0.488 e. The summed E-state index contributed by atoms with van der Waals surface area (Å²) in [5, 5.41) is 10.3. The summed E-state index contributed by atoms with van der Waals surface area (Å²) < 4.78 is 25.0. The van der Waals surface area contributed by atoms with Gasteiger partial charge in [0.25, 0.3) is 0 Å². The molecule has 1 aliphatic rings. The molecule has 5 heteroatoms. The van der Waals surface area contributed by atoms with E-state index in [9.17, 15) is 9.50 Å². The van der Waals surface area contributed by atoms with Crippen LogP contribution in [0.2, 0.25) is 0 Å². The van der Waals surface area contributed by atoms with Crippen molar-refractivity contribution in [2.75, 3.05) is 26.2 Å². The molecule has 3 atom stereocenters. The molecule has 25 heavy (non-hydrogen) atoms. The highest BCUT2D eigenvalue weighted by molar-refractivity contribution is 5.23. The standard InChI is InChI=1S/C20H24FNO3/c1-15-11-22(13-20(25-15)16-7-3-2-4-8-16)12-17(23)14-24-19-10-6-5-9-18(19)21/h2-10,15,17,20,23H,11-14H2,1H3/t15-,17-,20-/m1/s1. The lowest BCUT2D eigenvalue weighted by molar-refractivity contribution is -0.0887. The second-order valence-electron chi connectivity index (χ2n) is 6.46. The number of nitrogens with zero attached hydrogens (tertiary/aromatic N) is 1. The SMILES string of the molecule is C[C@@H]1CN(C[C@@H](O)COc2ccccc2F)C[C@H](c2ccccc2)O1. The second-order valence-corrected chi connectivity index (χ2v) is 6.46. The van der Waals surface area contributed by atoms with E-state index >= 15 is 0 Å². The molecule has 1 heterocycles. The highest BCUT2D eigenvalue weighted by atomic mass is 19.1. The van der Waals surface area contributed by atoms with Gasteiger partial charge in [0.15, 0.2) is 11.6 Å². The van der Waals surface area contributed by atoms with E-state index in [4.69, 9.17) is 9.47 Å². The van der Waals surface area contributed by atoms with Gasteiger partial charge in [0.05, 0.1) is 12.2 Å². The Hall–Kier alpha value is -1.95. The zero-order valence-corrected chi connectivity index (χ0v) is 14.3. The lowest BCUT2D eigenvalue weighted by Crippen LogP contribution is -2.46. The monoisotopic (exact) mass is 345 g/mol. The van der Waals surface area contributed by atoms with Gasteiger partial charge in [-0.05, 0) is 24.6 Å². The topological polar surface area (TPSA) is 41.9 Å². The maximum absolute atomic E-state index is 13.6. The summed E-state index contributed by atoms with van der Waals surface area (Å²) >= 11 is 0. The van der Waals surface area contributed by atoms with Gasteiger partial charge in [-0.25, -0.2) is 4.39 Å². The number of ether oxygens (including phenoxy) is 2. The molecule has 0 aromatic heterocycles. The van der Waals surface area contributed by atoms with E-state index in [1.807, 2.05) is 25.1 Å². The Bertz CT molecular complexity index is 667. The van der Waals surface area contributed by atoms with Gasteiger partial charge < -0.3 is 14.6 Å². The number of morpholine rings is 1. The summed E-state index contributed by atoms with van der Waals surface area (Å²) in [6, 6.07) is 16.3. The predicted molar refractivity (Wildman–Crippen MR) is 94.1 cm³/mol. The summed E-state index contributed by atoms with van der Waals surface area (Å²) in [5.74, 6) is -0.252. The van der Waals surface area contributed by atoms with Crippen LogP contribution in [0, 0.1) is 5.82 Å². The number of benzene rings is 2. The van der Waals surface area contributed by atoms with Crippen LogP contribution in [0.15, 0.2) is 54.6 Å². The van der Waals surface area contributed by atoms with Crippen molar-refractivity contribution in [1.29, 1.82) is 0 Å². The maximum Gasteiger partial charge on any atom is 0.165 e. The number of aliphatic hydroxyl groups excluding tert-OH is 1. The molecule has 3 rings (SSSR count). The first-order valence-corrected chi connectivity index (χ1v) is 8.60. The van der Waals surface area contributed by atoms with Crippen LogP contribution in [0.4, 0.5) is 4.39 Å². The molecule has 2 aromatic rings. The Kier molecular flexibility index (Phi) is 6.02. The van der Waals surface area contributed by atoms with Crippen LogP contribution in [0.3, 0.4) is 0 Å². The van der Waals surface area contributed by atoms with Crippen molar-refractivity contribution in [3.8, 4) is 5.75 Å². The van der Waals surface area contributed by atoms with Gasteiger partial charge in [-0.1, -0.05) is 42.5 Å². The van der Waals surface area contributed by atoms with Gasteiger partial charge in [-0.15, -0.1) is 0 Å². The maximum atomic E-state index is 13.6. The lowest BCUT2D eigenvalue weighted by atomic mass is 10.1. The van der Waals surface area contributed by atoms with E-state index in [-0.39, 0.29) is 24.6 Å². The fourth-order valence-electron chi connectivity index (χ4n) is 3.14. The molecule has 0 spiro atoms. The van der Waals surface area contributed by atoms with Crippen LogP contribution in [0.1, 0.15) is 18.6 Å². The highest BCUT2D eigenvalue weighted by Crippen LogP contribution is 2.25. The third-order valence-corrected chi connectivity index (χ3v) is 4.24. The first kappa shape index (κ1) is 17.9. The third kappa shape index (κ3) is 5.01. The van der Waals surface area contributed by atoms with E-state index in [0.29, 0.717) is 13.1 Å². The summed E-state index contributed by atoms with van der Waals surface area (Å²) in [4.78, 5) is 2.17. The number of aliphatic hydroxyl groups is 1. The summed E-state index contributed by atoms with van der Waals surface area (Å²) in [6.45, 7) is 4.02. The summed E-state index contributed by atoms with van der Waals surface area (Å²) in [7, 11) is 0. The first-order chi connectivity index (χ1) is 12.1. The predicted octanol–water partition coefficient (Wildman–Crippen LogP) is 3.03. The van der Waals surface area contributed by atoms with E-state index in [0.717, 1.165) is 12.1 Å². The molecule has 0 unspecified atom stereocenters. The largest absolute Gasteiger partial charge is 0.488 e.